The first-order chi connectivity index (χ1) is 7.71. The Bertz CT molecular complexity index is 330. The van der Waals surface area contributed by atoms with E-state index in [0.29, 0.717) is 31.1 Å². The SMILES string of the molecule is CCC(CC)CC(=O)c1cn(CCN)nn1. The third-order valence-electron chi connectivity index (χ3n) is 2.81. The smallest absolute Gasteiger partial charge is 0.184 e. The van der Waals surface area contributed by atoms with Gasteiger partial charge in [-0.2, -0.15) is 0 Å². The van der Waals surface area contributed by atoms with E-state index in [-0.39, 0.29) is 5.78 Å². The molecule has 0 radical (unpaired) electrons. The Morgan fingerprint density at radius 3 is 2.75 bits per heavy atom. The van der Waals surface area contributed by atoms with Crippen LogP contribution >= 0.6 is 0 Å². The van der Waals surface area contributed by atoms with Crippen molar-refractivity contribution in [2.75, 3.05) is 6.54 Å². The lowest BCUT2D eigenvalue weighted by molar-refractivity contribution is 0.0953. The molecule has 1 aromatic heterocycles. The molecule has 1 heterocycles. The Balaban J connectivity index is 2.58. The van der Waals surface area contributed by atoms with Crippen LogP contribution in [0, 0.1) is 5.92 Å². The average Bonchev–Trinajstić information content (AvgIpc) is 2.74. The Kier molecular flexibility index (Phi) is 5.11. The maximum absolute atomic E-state index is 11.8. The van der Waals surface area contributed by atoms with Crippen molar-refractivity contribution >= 4 is 5.78 Å². The van der Waals surface area contributed by atoms with Crippen LogP contribution in [-0.4, -0.2) is 27.3 Å². The summed E-state index contributed by atoms with van der Waals surface area (Å²) in [5.41, 5.74) is 5.85. The molecule has 0 atom stereocenters. The van der Waals surface area contributed by atoms with Crippen LogP contribution in [0.3, 0.4) is 0 Å². The first-order valence-corrected chi connectivity index (χ1v) is 5.84. The summed E-state index contributed by atoms with van der Waals surface area (Å²) in [6.45, 7) is 5.31. The zero-order valence-electron chi connectivity index (χ0n) is 10.0. The van der Waals surface area contributed by atoms with Crippen LogP contribution in [0.1, 0.15) is 43.6 Å². The maximum Gasteiger partial charge on any atom is 0.184 e. The number of nitrogens with two attached hydrogens (primary N) is 1. The van der Waals surface area contributed by atoms with Gasteiger partial charge < -0.3 is 5.73 Å². The van der Waals surface area contributed by atoms with Crippen molar-refractivity contribution in [2.45, 2.75) is 39.7 Å². The van der Waals surface area contributed by atoms with Crippen molar-refractivity contribution in [3.05, 3.63) is 11.9 Å². The molecule has 1 aromatic rings. The van der Waals surface area contributed by atoms with E-state index in [1.165, 1.54) is 0 Å². The monoisotopic (exact) mass is 224 g/mol. The first kappa shape index (κ1) is 12.8. The lowest BCUT2D eigenvalue weighted by Crippen LogP contribution is -2.10. The number of Topliss-reactive ketones (excluding diaryl/α,β-unsaturated/α-hetero) is 1. The number of carbonyl (C=O) groups excluding carboxylic acids is 1. The van der Waals surface area contributed by atoms with Crippen molar-refractivity contribution in [3.8, 4) is 0 Å². The molecule has 0 aromatic carbocycles. The molecule has 0 unspecified atom stereocenters. The second-order valence-electron chi connectivity index (χ2n) is 3.97. The maximum atomic E-state index is 11.8. The molecule has 0 bridgehead atoms. The van der Waals surface area contributed by atoms with Crippen LogP contribution in [0.5, 0.6) is 0 Å². The minimum absolute atomic E-state index is 0.0805. The van der Waals surface area contributed by atoms with E-state index in [1.807, 2.05) is 0 Å². The quantitative estimate of drug-likeness (QED) is 0.707. The van der Waals surface area contributed by atoms with Gasteiger partial charge in [-0.15, -0.1) is 5.10 Å². The molecule has 5 nitrogen and oxygen atoms in total. The summed E-state index contributed by atoms with van der Waals surface area (Å²) < 4.78 is 1.61. The van der Waals surface area contributed by atoms with Gasteiger partial charge in [0.2, 0.25) is 0 Å². The lowest BCUT2D eigenvalue weighted by atomic mass is 9.96. The summed E-state index contributed by atoms with van der Waals surface area (Å²) >= 11 is 0. The van der Waals surface area contributed by atoms with E-state index in [9.17, 15) is 4.79 Å². The fourth-order valence-electron chi connectivity index (χ4n) is 1.61. The van der Waals surface area contributed by atoms with Gasteiger partial charge in [-0.25, -0.2) is 0 Å². The first-order valence-electron chi connectivity index (χ1n) is 5.84. The van der Waals surface area contributed by atoms with Gasteiger partial charge in [-0.1, -0.05) is 31.9 Å². The summed E-state index contributed by atoms with van der Waals surface area (Å²) in [6, 6.07) is 0. The van der Waals surface area contributed by atoms with E-state index in [0.717, 1.165) is 12.8 Å². The standard InChI is InChI=1S/C11H20N4O/c1-3-9(4-2)7-11(16)10-8-15(6-5-12)14-13-10/h8-9H,3-7,12H2,1-2H3. The molecule has 0 saturated heterocycles. The fourth-order valence-corrected chi connectivity index (χ4v) is 1.61. The van der Waals surface area contributed by atoms with E-state index >= 15 is 0 Å². The molecule has 0 spiro atoms. The average molecular weight is 224 g/mol. The zero-order chi connectivity index (χ0) is 12.0. The Hall–Kier alpha value is -1.23. The van der Waals surface area contributed by atoms with Gasteiger partial charge in [0.15, 0.2) is 5.78 Å². The zero-order valence-corrected chi connectivity index (χ0v) is 10.0. The van der Waals surface area contributed by atoms with Gasteiger partial charge in [0.05, 0.1) is 12.7 Å². The van der Waals surface area contributed by atoms with E-state index in [1.54, 1.807) is 10.9 Å². The minimum atomic E-state index is 0.0805. The number of aromatic nitrogens is 3. The van der Waals surface area contributed by atoms with Gasteiger partial charge >= 0.3 is 0 Å². The molecule has 0 aliphatic carbocycles. The summed E-state index contributed by atoms with van der Waals surface area (Å²) in [6.07, 6.45) is 4.30. The molecule has 0 amide bonds. The predicted octanol–water partition coefficient (Wildman–Crippen LogP) is 1.25. The van der Waals surface area contributed by atoms with Crippen molar-refractivity contribution in [1.82, 2.24) is 15.0 Å². The van der Waals surface area contributed by atoms with Crippen LogP contribution in [0.25, 0.3) is 0 Å². The molecular weight excluding hydrogens is 204 g/mol. The molecule has 0 saturated carbocycles. The van der Waals surface area contributed by atoms with Gasteiger partial charge in [0, 0.05) is 13.0 Å². The van der Waals surface area contributed by atoms with Gasteiger partial charge in [-0.05, 0) is 5.92 Å². The molecule has 16 heavy (non-hydrogen) atoms. The number of carbonyl (C=O) groups is 1. The Labute approximate surface area is 96.0 Å². The van der Waals surface area contributed by atoms with Crippen LogP contribution in [-0.2, 0) is 6.54 Å². The molecular formula is C11H20N4O. The van der Waals surface area contributed by atoms with Gasteiger partial charge in [0.1, 0.15) is 5.69 Å². The number of ketones is 1. The highest BCUT2D eigenvalue weighted by Crippen LogP contribution is 2.15. The van der Waals surface area contributed by atoms with E-state index < -0.39 is 0 Å². The molecule has 0 fully saturated rings. The van der Waals surface area contributed by atoms with Crippen LogP contribution < -0.4 is 5.73 Å². The third kappa shape index (κ3) is 3.41. The summed E-state index contributed by atoms with van der Waals surface area (Å²) in [5, 5.41) is 7.72. The van der Waals surface area contributed by atoms with Crippen molar-refractivity contribution in [1.29, 1.82) is 0 Å². The Morgan fingerprint density at radius 2 is 2.19 bits per heavy atom. The molecule has 90 valence electrons. The van der Waals surface area contributed by atoms with Gasteiger partial charge in [-0.3, -0.25) is 9.48 Å². The fraction of sp³-hybridized carbons (Fsp3) is 0.727. The summed E-state index contributed by atoms with van der Waals surface area (Å²) in [4.78, 5) is 11.8. The van der Waals surface area contributed by atoms with Crippen molar-refractivity contribution in [2.24, 2.45) is 11.7 Å². The van der Waals surface area contributed by atoms with Crippen molar-refractivity contribution < 1.29 is 4.79 Å². The highest BCUT2D eigenvalue weighted by Gasteiger charge is 2.15. The van der Waals surface area contributed by atoms with E-state index in [4.69, 9.17) is 5.73 Å². The number of hydrogen-bond donors (Lipinski definition) is 1. The summed E-state index contributed by atoms with van der Waals surface area (Å²) in [7, 11) is 0. The van der Waals surface area contributed by atoms with Gasteiger partial charge in [0.25, 0.3) is 0 Å². The van der Waals surface area contributed by atoms with Crippen LogP contribution in [0.2, 0.25) is 0 Å². The highest BCUT2D eigenvalue weighted by molar-refractivity contribution is 5.93. The van der Waals surface area contributed by atoms with E-state index in [2.05, 4.69) is 24.2 Å². The molecule has 0 aliphatic heterocycles. The largest absolute Gasteiger partial charge is 0.329 e. The highest BCUT2D eigenvalue weighted by atomic mass is 16.1. The molecule has 5 heteroatoms. The van der Waals surface area contributed by atoms with Crippen LogP contribution in [0.4, 0.5) is 0 Å². The second kappa shape index (κ2) is 6.37. The molecule has 2 N–H and O–H groups in total. The number of nitrogens with zero attached hydrogens (tertiary/aromatic N) is 3. The normalized spacial score (nSPS) is 11.0. The summed E-state index contributed by atoms with van der Waals surface area (Å²) in [5.74, 6) is 0.532. The topological polar surface area (TPSA) is 73.8 Å². The number of hydrogen-bond acceptors (Lipinski definition) is 4. The van der Waals surface area contributed by atoms with Crippen LogP contribution in [0.15, 0.2) is 6.20 Å². The molecule has 1 rings (SSSR count). The number of rotatable bonds is 7. The molecule has 0 aliphatic rings. The predicted molar refractivity (Wildman–Crippen MR) is 62.1 cm³/mol. The lowest BCUT2D eigenvalue weighted by Gasteiger charge is -2.08. The Morgan fingerprint density at radius 1 is 1.50 bits per heavy atom. The van der Waals surface area contributed by atoms with Crippen molar-refractivity contribution in [3.63, 3.8) is 0 Å². The third-order valence-corrected chi connectivity index (χ3v) is 2.81. The second-order valence-corrected chi connectivity index (χ2v) is 3.97. The minimum Gasteiger partial charge on any atom is -0.329 e.